The second-order valence-electron chi connectivity index (χ2n) is 14.5. The molecule has 268 valence electrons. The summed E-state index contributed by atoms with van der Waals surface area (Å²) < 4.78 is 5.22. The van der Waals surface area contributed by atoms with Crippen molar-refractivity contribution in [2.75, 3.05) is 4.90 Å². The molecule has 0 aliphatic heterocycles. The number of benzene rings is 9. The normalized spacial score (nSPS) is 11.5. The molecule has 0 unspecified atom stereocenters. The lowest BCUT2D eigenvalue weighted by Crippen LogP contribution is -2.11. The van der Waals surface area contributed by atoms with E-state index in [1.165, 1.54) is 84.9 Å². The van der Waals surface area contributed by atoms with Gasteiger partial charge in [-0.3, -0.25) is 0 Å². The highest BCUT2D eigenvalue weighted by atomic mass is 32.1. The van der Waals surface area contributed by atoms with Crippen LogP contribution in [0, 0.1) is 0 Å². The van der Waals surface area contributed by atoms with Gasteiger partial charge in [0.15, 0.2) is 0 Å². The zero-order valence-electron chi connectivity index (χ0n) is 31.0. The van der Waals surface area contributed by atoms with E-state index in [1.54, 1.807) is 0 Å². The standard InChI is InChI=1S/C54H35NS2/c1-3-12-36(13-4-1)38-22-24-40(25-23-38)53-48(31-33-52-54(53)46-19-8-10-21-50(46)57-52)55(43-29-26-39(27-30-43)37-14-5-2-6-15-37)44-17-11-16-41(34-44)42-28-32-51-47(35-42)45-18-7-9-20-49(45)56-51/h1-35H. The SMILES string of the molecule is c1ccc(-c2ccc(-c3c(N(c4ccc(-c5ccccc5)cc4)c4cccc(-c5ccc6sc7ccccc7c6c5)c4)ccc4sc5ccccc5c34)cc2)cc1. The van der Waals surface area contributed by atoms with Gasteiger partial charge >= 0.3 is 0 Å². The van der Waals surface area contributed by atoms with E-state index >= 15 is 0 Å². The third-order valence-corrected chi connectivity index (χ3v) is 13.4. The molecule has 0 spiro atoms. The molecule has 9 aromatic carbocycles. The third-order valence-electron chi connectivity index (χ3n) is 11.1. The lowest BCUT2D eigenvalue weighted by molar-refractivity contribution is 1.29. The molecule has 11 rings (SSSR count). The van der Waals surface area contributed by atoms with Crippen LogP contribution in [0.1, 0.15) is 0 Å². The van der Waals surface area contributed by atoms with E-state index < -0.39 is 0 Å². The summed E-state index contributed by atoms with van der Waals surface area (Å²) in [5.74, 6) is 0. The Bertz CT molecular complexity index is 3210. The average Bonchev–Trinajstić information content (AvgIpc) is 3.86. The third kappa shape index (κ3) is 6.00. The predicted molar refractivity (Wildman–Crippen MR) is 249 cm³/mol. The van der Waals surface area contributed by atoms with Crippen LogP contribution in [0.3, 0.4) is 0 Å². The van der Waals surface area contributed by atoms with Gasteiger partial charge in [-0.15, -0.1) is 22.7 Å². The Morgan fingerprint density at radius 3 is 1.49 bits per heavy atom. The van der Waals surface area contributed by atoms with Crippen LogP contribution < -0.4 is 4.90 Å². The molecule has 1 nitrogen and oxygen atoms in total. The van der Waals surface area contributed by atoms with Crippen molar-refractivity contribution in [1.82, 2.24) is 0 Å². The number of fused-ring (bicyclic) bond motifs is 6. The molecule has 0 amide bonds. The first-order valence-electron chi connectivity index (χ1n) is 19.3. The minimum atomic E-state index is 1.10. The first-order chi connectivity index (χ1) is 28.2. The highest BCUT2D eigenvalue weighted by Gasteiger charge is 2.23. The maximum atomic E-state index is 2.46. The van der Waals surface area contributed by atoms with E-state index in [2.05, 4.69) is 217 Å². The molecule has 0 N–H and O–H groups in total. The maximum Gasteiger partial charge on any atom is 0.0547 e. The first-order valence-corrected chi connectivity index (χ1v) is 21.0. The van der Waals surface area contributed by atoms with Gasteiger partial charge in [-0.1, -0.05) is 152 Å². The van der Waals surface area contributed by atoms with Crippen molar-refractivity contribution in [1.29, 1.82) is 0 Å². The van der Waals surface area contributed by atoms with Crippen LogP contribution in [-0.4, -0.2) is 0 Å². The van der Waals surface area contributed by atoms with E-state index in [-0.39, 0.29) is 0 Å². The smallest absolute Gasteiger partial charge is 0.0547 e. The minimum absolute atomic E-state index is 1.10. The quantitative estimate of drug-likeness (QED) is 0.156. The molecule has 0 aliphatic rings. The Hall–Kier alpha value is -6.78. The molecule has 0 atom stereocenters. The summed E-state index contributed by atoms with van der Waals surface area (Å²) in [6.45, 7) is 0. The second kappa shape index (κ2) is 14.1. The monoisotopic (exact) mass is 761 g/mol. The molecule has 0 aliphatic carbocycles. The number of nitrogens with zero attached hydrogens (tertiary/aromatic N) is 1. The van der Waals surface area contributed by atoms with Crippen LogP contribution in [0.25, 0.3) is 84.9 Å². The Labute approximate surface area is 340 Å². The Kier molecular flexibility index (Phi) is 8.28. The number of thiophene rings is 2. The molecule has 3 heteroatoms. The van der Waals surface area contributed by atoms with E-state index in [0.717, 1.165) is 17.1 Å². The van der Waals surface area contributed by atoms with Crippen LogP contribution in [0.4, 0.5) is 17.1 Å². The number of hydrogen-bond donors (Lipinski definition) is 0. The summed E-state index contributed by atoms with van der Waals surface area (Å²) in [4.78, 5) is 2.46. The van der Waals surface area contributed by atoms with E-state index in [0.29, 0.717) is 0 Å². The van der Waals surface area contributed by atoms with Crippen LogP contribution in [0.15, 0.2) is 212 Å². The van der Waals surface area contributed by atoms with Crippen molar-refractivity contribution in [3.05, 3.63) is 212 Å². The van der Waals surface area contributed by atoms with Gasteiger partial charge in [0.05, 0.1) is 5.69 Å². The summed E-state index contributed by atoms with van der Waals surface area (Å²) in [5.41, 5.74) is 13.0. The largest absolute Gasteiger partial charge is 0.310 e. The zero-order chi connectivity index (χ0) is 37.7. The second-order valence-corrected chi connectivity index (χ2v) is 16.6. The predicted octanol–water partition coefficient (Wildman–Crippen LogP) is 16.6. The molecule has 0 fully saturated rings. The van der Waals surface area contributed by atoms with Gasteiger partial charge in [0.25, 0.3) is 0 Å². The number of rotatable bonds is 7. The summed E-state index contributed by atoms with van der Waals surface area (Å²) in [6, 6.07) is 77.7. The van der Waals surface area contributed by atoms with Crippen molar-refractivity contribution in [3.63, 3.8) is 0 Å². The first kappa shape index (κ1) is 33.5. The average molecular weight is 762 g/mol. The van der Waals surface area contributed by atoms with Crippen molar-refractivity contribution >= 4 is 80.1 Å². The Morgan fingerprint density at radius 2 is 0.772 bits per heavy atom. The molecule has 2 heterocycles. The van der Waals surface area contributed by atoms with Gasteiger partial charge in [0.1, 0.15) is 0 Å². The summed E-state index contributed by atoms with van der Waals surface area (Å²) in [5, 5.41) is 5.20. The van der Waals surface area contributed by atoms with Gasteiger partial charge in [0.2, 0.25) is 0 Å². The van der Waals surface area contributed by atoms with E-state index in [1.807, 2.05) is 22.7 Å². The van der Waals surface area contributed by atoms with Crippen molar-refractivity contribution < 1.29 is 0 Å². The van der Waals surface area contributed by atoms with Crippen LogP contribution in [0.5, 0.6) is 0 Å². The van der Waals surface area contributed by atoms with Gasteiger partial charge < -0.3 is 4.90 Å². The van der Waals surface area contributed by atoms with Crippen molar-refractivity contribution in [2.45, 2.75) is 0 Å². The van der Waals surface area contributed by atoms with E-state index in [4.69, 9.17) is 0 Å². The Morgan fingerprint density at radius 1 is 0.281 bits per heavy atom. The summed E-state index contributed by atoms with van der Waals surface area (Å²) in [7, 11) is 0. The molecule has 0 bridgehead atoms. The lowest BCUT2D eigenvalue weighted by atomic mass is 9.94. The number of hydrogen-bond acceptors (Lipinski definition) is 3. The fraction of sp³-hybridized carbons (Fsp3) is 0. The lowest BCUT2D eigenvalue weighted by Gasteiger charge is -2.29. The fourth-order valence-corrected chi connectivity index (χ4v) is 10.5. The maximum absolute atomic E-state index is 2.46. The molecular formula is C54H35NS2. The molecule has 2 aromatic heterocycles. The highest BCUT2D eigenvalue weighted by molar-refractivity contribution is 7.26. The van der Waals surface area contributed by atoms with E-state index in [9.17, 15) is 0 Å². The molecule has 57 heavy (non-hydrogen) atoms. The number of anilines is 3. The minimum Gasteiger partial charge on any atom is -0.310 e. The molecule has 0 saturated heterocycles. The van der Waals surface area contributed by atoms with Gasteiger partial charge in [-0.2, -0.15) is 0 Å². The molecule has 0 radical (unpaired) electrons. The topological polar surface area (TPSA) is 3.24 Å². The fourth-order valence-electron chi connectivity index (χ4n) is 8.34. The zero-order valence-corrected chi connectivity index (χ0v) is 32.6. The van der Waals surface area contributed by atoms with Gasteiger partial charge in [-0.25, -0.2) is 0 Å². The van der Waals surface area contributed by atoms with Crippen molar-refractivity contribution in [3.8, 4) is 44.5 Å². The van der Waals surface area contributed by atoms with Crippen LogP contribution in [-0.2, 0) is 0 Å². The van der Waals surface area contributed by atoms with Gasteiger partial charge in [-0.05, 0) is 99.6 Å². The molecule has 11 aromatic rings. The summed E-state index contributed by atoms with van der Waals surface area (Å²) in [6.07, 6.45) is 0. The molecular weight excluding hydrogens is 727 g/mol. The Balaban J connectivity index is 1.13. The van der Waals surface area contributed by atoms with Gasteiger partial charge in [0, 0.05) is 57.3 Å². The molecule has 0 saturated carbocycles. The highest BCUT2D eigenvalue weighted by Crippen LogP contribution is 2.49. The van der Waals surface area contributed by atoms with Crippen molar-refractivity contribution in [2.24, 2.45) is 0 Å². The van der Waals surface area contributed by atoms with Crippen LogP contribution >= 0.6 is 22.7 Å². The summed E-state index contributed by atoms with van der Waals surface area (Å²) >= 11 is 3.73. The van der Waals surface area contributed by atoms with Crippen LogP contribution in [0.2, 0.25) is 0 Å².